The summed E-state index contributed by atoms with van der Waals surface area (Å²) in [5.41, 5.74) is 7.99. The molecule has 2 aromatic heterocycles. The summed E-state index contributed by atoms with van der Waals surface area (Å²) in [6.45, 7) is 0.237. The highest BCUT2D eigenvalue weighted by Gasteiger charge is 2.18. The number of ether oxygens (including phenoxy) is 1. The van der Waals surface area contributed by atoms with Crippen LogP contribution in [0.25, 0.3) is 51.0 Å². The summed E-state index contributed by atoms with van der Waals surface area (Å²) in [6.07, 6.45) is 3.41. The second-order valence-electron chi connectivity index (χ2n) is 11.9. The summed E-state index contributed by atoms with van der Waals surface area (Å²) in [5, 5.41) is 13.9. The molecule has 0 unspecified atom stereocenters. The summed E-state index contributed by atoms with van der Waals surface area (Å²) in [6, 6.07) is 56.1. The second-order valence-corrected chi connectivity index (χ2v) is 12.7. The van der Waals surface area contributed by atoms with Gasteiger partial charge >= 0.3 is 0 Å². The lowest BCUT2D eigenvalue weighted by molar-refractivity contribution is 0.104. The van der Waals surface area contributed by atoms with E-state index < -0.39 is 0 Å². The zero-order valence-electron chi connectivity index (χ0n) is 28.5. The minimum atomic E-state index is 0. The van der Waals surface area contributed by atoms with Crippen LogP contribution in [-0.2, 0) is 6.61 Å². The van der Waals surface area contributed by atoms with Crippen LogP contribution < -0.4 is 4.74 Å². The van der Waals surface area contributed by atoms with Crippen molar-refractivity contribution in [2.24, 2.45) is 0 Å². The molecule has 8 heteroatoms. The number of halogens is 1. The highest BCUT2D eigenvalue weighted by atomic mass is 79.9. The molecule has 0 atom stereocenters. The van der Waals surface area contributed by atoms with Crippen molar-refractivity contribution in [2.75, 3.05) is 0 Å². The van der Waals surface area contributed by atoms with Crippen molar-refractivity contribution in [3.63, 3.8) is 0 Å². The minimum Gasteiger partial charge on any atom is -0.485 e. The Kier molecular flexibility index (Phi) is 12.5. The Morgan fingerprint density at radius 2 is 1.30 bits per heavy atom. The minimum absolute atomic E-state index is 0. The lowest BCUT2D eigenvalue weighted by Crippen LogP contribution is -1.98. The molecule has 7 nitrogen and oxygen atoms in total. The highest BCUT2D eigenvalue weighted by Crippen LogP contribution is 2.42. The third kappa shape index (κ3) is 9.23. The number of H-pyrrole nitrogens is 1. The Labute approximate surface area is 323 Å². The van der Waals surface area contributed by atoms with Crippen molar-refractivity contribution >= 4 is 27.8 Å². The zero-order valence-corrected chi connectivity index (χ0v) is 30.1. The molecular weight excluding hydrogens is 736 g/mol. The monoisotopic (exact) mass is 772 g/mol. The first-order valence-corrected chi connectivity index (χ1v) is 17.7. The Morgan fingerprint density at radius 1 is 0.667 bits per heavy atom. The Hall–Kier alpha value is -6.64. The maximum atomic E-state index is 11.9. The topological polar surface area (TPSA) is 93.9 Å². The number of hydrogen-bond donors (Lipinski definition) is 1. The van der Waals surface area contributed by atoms with Gasteiger partial charge in [-0.25, -0.2) is 0 Å². The van der Waals surface area contributed by atoms with E-state index in [1.807, 2.05) is 127 Å². The number of hydrogen-bond acceptors (Lipinski definition) is 6. The van der Waals surface area contributed by atoms with Gasteiger partial charge in [0.15, 0.2) is 12.4 Å². The molecule has 0 aliphatic rings. The number of carbonyl (C=O) groups excluding carboxylic acids is 1. The van der Waals surface area contributed by atoms with Gasteiger partial charge in [0.25, 0.3) is 0 Å². The number of benzene rings is 6. The number of tetrazole rings is 1. The first kappa shape index (κ1) is 37.1. The molecule has 0 spiro atoms. The SMILES string of the molecule is C.O=C(/C=C/c1ccccc1)c1ccccc1Br.c1ccc(-c2cc(-c3ccccc3-c3cccc(OCc4nn[nH]n4)c3)oc2-c2ccccc2)cc1. The van der Waals surface area contributed by atoms with Gasteiger partial charge in [-0.1, -0.05) is 174 Å². The molecule has 0 bridgehead atoms. The average molecular weight is 774 g/mol. The zero-order chi connectivity index (χ0) is 36.2. The molecule has 0 saturated heterocycles. The van der Waals surface area contributed by atoms with E-state index in [1.165, 1.54) is 0 Å². The molecule has 1 N–H and O–H groups in total. The van der Waals surface area contributed by atoms with Crippen LogP contribution in [0.15, 0.2) is 185 Å². The van der Waals surface area contributed by atoms with E-state index in [9.17, 15) is 4.79 Å². The van der Waals surface area contributed by atoms with E-state index in [2.05, 4.69) is 85.1 Å². The number of rotatable bonds is 10. The molecule has 0 fully saturated rings. The Morgan fingerprint density at radius 3 is 2.00 bits per heavy atom. The fraction of sp³-hybridized carbons (Fsp3) is 0.0435. The molecule has 266 valence electrons. The van der Waals surface area contributed by atoms with E-state index in [0.29, 0.717) is 11.4 Å². The lowest BCUT2D eigenvalue weighted by Gasteiger charge is -2.10. The quantitative estimate of drug-likeness (QED) is 0.110. The lowest BCUT2D eigenvalue weighted by atomic mass is 9.97. The normalized spacial score (nSPS) is 10.6. The molecule has 6 aromatic carbocycles. The summed E-state index contributed by atoms with van der Waals surface area (Å²) in [7, 11) is 0. The van der Waals surface area contributed by atoms with E-state index >= 15 is 0 Å². The molecule has 0 amide bonds. The van der Waals surface area contributed by atoms with Crippen LogP contribution in [0.3, 0.4) is 0 Å². The highest BCUT2D eigenvalue weighted by molar-refractivity contribution is 9.10. The Bertz CT molecular complexity index is 2370. The van der Waals surface area contributed by atoms with Crippen LogP contribution in [0.1, 0.15) is 29.2 Å². The summed E-state index contributed by atoms with van der Waals surface area (Å²) in [4.78, 5) is 11.9. The van der Waals surface area contributed by atoms with Crippen LogP contribution in [0.2, 0.25) is 0 Å². The van der Waals surface area contributed by atoms with Gasteiger partial charge in [0, 0.05) is 26.7 Å². The number of allylic oxidation sites excluding steroid dienone is 1. The van der Waals surface area contributed by atoms with Gasteiger partial charge < -0.3 is 9.15 Å². The van der Waals surface area contributed by atoms with E-state index in [4.69, 9.17) is 9.15 Å². The first-order valence-electron chi connectivity index (χ1n) is 16.9. The van der Waals surface area contributed by atoms with Crippen molar-refractivity contribution in [1.82, 2.24) is 20.6 Å². The number of ketones is 1. The first-order chi connectivity index (χ1) is 26.1. The van der Waals surface area contributed by atoms with Gasteiger partial charge in [0.05, 0.1) is 0 Å². The largest absolute Gasteiger partial charge is 0.485 e. The van der Waals surface area contributed by atoms with Crippen LogP contribution >= 0.6 is 15.9 Å². The Balaban J connectivity index is 0.000000233. The molecule has 8 rings (SSSR count). The number of nitrogens with zero attached hydrogens (tertiary/aromatic N) is 3. The van der Waals surface area contributed by atoms with Crippen molar-refractivity contribution in [2.45, 2.75) is 14.0 Å². The third-order valence-corrected chi connectivity index (χ3v) is 9.01. The second kappa shape index (κ2) is 18.2. The standard InChI is InChI=1S/C30H22N4O2.C15H11BrO.CH4/c1-3-10-21(11-4-1)27-19-28(36-30(27)22-12-5-2-6-13-22)26-17-8-7-16-25(26)23-14-9-15-24(18-23)35-20-29-31-33-34-32-29;16-14-9-5-4-8-13(14)15(17)11-10-12-6-2-1-3-7-12;/h1-19H,20H2,(H,31,32,33,34);1-11H;1H4/b;11-10+;. The summed E-state index contributed by atoms with van der Waals surface area (Å²) >= 11 is 3.37. The maximum absolute atomic E-state index is 11.9. The van der Waals surface area contributed by atoms with Gasteiger partial charge in [-0.05, 0) is 58.7 Å². The third-order valence-electron chi connectivity index (χ3n) is 8.31. The predicted molar refractivity (Wildman–Crippen MR) is 220 cm³/mol. The van der Waals surface area contributed by atoms with E-state index in [-0.39, 0.29) is 19.8 Å². The number of aromatic amines is 1. The molecule has 0 radical (unpaired) electrons. The number of carbonyl (C=O) groups is 1. The number of aromatic nitrogens is 4. The van der Waals surface area contributed by atoms with Gasteiger partial charge in [-0.3, -0.25) is 4.79 Å². The van der Waals surface area contributed by atoms with Crippen molar-refractivity contribution in [3.05, 3.63) is 197 Å². The maximum Gasteiger partial charge on any atom is 0.211 e. The van der Waals surface area contributed by atoms with Crippen LogP contribution in [0, 0.1) is 0 Å². The molecule has 0 aliphatic heterocycles. The fourth-order valence-electron chi connectivity index (χ4n) is 5.74. The van der Waals surface area contributed by atoms with Gasteiger partial charge in [0.1, 0.15) is 17.3 Å². The van der Waals surface area contributed by atoms with E-state index in [0.717, 1.165) is 60.7 Å². The molecule has 0 aliphatic carbocycles. The number of nitrogens with one attached hydrogen (secondary N) is 1. The van der Waals surface area contributed by atoms with Crippen molar-refractivity contribution < 1.29 is 13.9 Å². The molecule has 0 saturated carbocycles. The smallest absolute Gasteiger partial charge is 0.211 e. The van der Waals surface area contributed by atoms with Gasteiger partial charge in [-0.15, -0.1) is 10.2 Å². The molecular formula is C46H37BrN4O3. The van der Waals surface area contributed by atoms with Crippen LogP contribution in [-0.4, -0.2) is 26.4 Å². The van der Waals surface area contributed by atoms with Crippen molar-refractivity contribution in [3.8, 4) is 50.7 Å². The average Bonchev–Trinajstić information content (AvgIpc) is 3.92. The number of furan rings is 1. The fourth-order valence-corrected chi connectivity index (χ4v) is 6.22. The summed E-state index contributed by atoms with van der Waals surface area (Å²) in [5.74, 6) is 2.88. The van der Waals surface area contributed by atoms with Crippen LogP contribution in [0.5, 0.6) is 5.75 Å². The van der Waals surface area contributed by atoms with Crippen LogP contribution in [0.4, 0.5) is 0 Å². The van der Waals surface area contributed by atoms with E-state index in [1.54, 1.807) is 6.08 Å². The molecule has 54 heavy (non-hydrogen) atoms. The van der Waals surface area contributed by atoms with Gasteiger partial charge in [-0.2, -0.15) is 5.21 Å². The van der Waals surface area contributed by atoms with Crippen molar-refractivity contribution in [1.29, 1.82) is 0 Å². The van der Waals surface area contributed by atoms with Gasteiger partial charge in [0.2, 0.25) is 5.82 Å². The summed E-state index contributed by atoms with van der Waals surface area (Å²) < 4.78 is 13.3. The molecule has 8 aromatic rings. The molecule has 2 heterocycles. The predicted octanol–water partition coefficient (Wildman–Crippen LogP) is 12.0.